The molecule has 1 unspecified atom stereocenters. The Kier molecular flexibility index (Phi) is 5.72. The van der Waals surface area contributed by atoms with E-state index in [0.29, 0.717) is 17.3 Å². The molecule has 23 heavy (non-hydrogen) atoms. The molecule has 0 aliphatic rings. The first kappa shape index (κ1) is 17.8. The highest BCUT2D eigenvalue weighted by Crippen LogP contribution is 2.30. The number of rotatable bonds is 5. The van der Waals surface area contributed by atoms with E-state index in [1.807, 2.05) is 18.2 Å². The third-order valence-electron chi connectivity index (χ3n) is 4.23. The standard InChI is InChI=1S/C20H26ClNO/c1-20(2,3)17-8-5-14(6-9-17)11-16(13-22)15-7-10-19(23-4)18(21)12-15/h5-10,12,16H,11,13,22H2,1-4H3. The van der Waals surface area contributed by atoms with Crippen LogP contribution in [0.5, 0.6) is 5.75 Å². The van der Waals surface area contributed by atoms with Crippen molar-refractivity contribution in [1.29, 1.82) is 0 Å². The molecule has 0 fully saturated rings. The SMILES string of the molecule is COc1ccc(C(CN)Cc2ccc(C(C)(C)C)cc2)cc1Cl. The highest BCUT2D eigenvalue weighted by atomic mass is 35.5. The van der Waals surface area contributed by atoms with E-state index in [1.165, 1.54) is 11.1 Å². The summed E-state index contributed by atoms with van der Waals surface area (Å²) in [4.78, 5) is 0. The molecule has 0 bridgehead atoms. The molecule has 124 valence electrons. The van der Waals surface area contributed by atoms with Crippen molar-refractivity contribution in [2.45, 2.75) is 38.5 Å². The van der Waals surface area contributed by atoms with E-state index in [9.17, 15) is 0 Å². The summed E-state index contributed by atoms with van der Waals surface area (Å²) in [5.74, 6) is 0.944. The van der Waals surface area contributed by atoms with Crippen molar-refractivity contribution in [3.05, 3.63) is 64.2 Å². The van der Waals surface area contributed by atoms with Gasteiger partial charge in [0.25, 0.3) is 0 Å². The van der Waals surface area contributed by atoms with Crippen LogP contribution in [0, 0.1) is 0 Å². The van der Waals surface area contributed by atoms with E-state index in [-0.39, 0.29) is 11.3 Å². The van der Waals surface area contributed by atoms with Crippen molar-refractivity contribution in [2.24, 2.45) is 5.73 Å². The van der Waals surface area contributed by atoms with Gasteiger partial charge in [0.15, 0.2) is 0 Å². The number of halogens is 1. The molecule has 0 saturated carbocycles. The molecule has 0 heterocycles. The molecular formula is C20H26ClNO. The van der Waals surface area contributed by atoms with Crippen LogP contribution in [0.15, 0.2) is 42.5 Å². The van der Waals surface area contributed by atoms with Crippen molar-refractivity contribution in [2.75, 3.05) is 13.7 Å². The van der Waals surface area contributed by atoms with Gasteiger partial charge in [0.05, 0.1) is 12.1 Å². The second-order valence-electron chi connectivity index (χ2n) is 6.98. The van der Waals surface area contributed by atoms with Crippen LogP contribution in [-0.4, -0.2) is 13.7 Å². The van der Waals surface area contributed by atoms with E-state index >= 15 is 0 Å². The minimum Gasteiger partial charge on any atom is -0.495 e. The minimum atomic E-state index is 0.176. The maximum atomic E-state index is 6.24. The lowest BCUT2D eigenvalue weighted by molar-refractivity contribution is 0.414. The Bertz CT molecular complexity index is 644. The van der Waals surface area contributed by atoms with Gasteiger partial charge in [-0.25, -0.2) is 0 Å². The van der Waals surface area contributed by atoms with Crippen LogP contribution in [0.1, 0.15) is 43.4 Å². The summed E-state index contributed by atoms with van der Waals surface area (Å²) in [6.07, 6.45) is 0.906. The third-order valence-corrected chi connectivity index (χ3v) is 4.53. The lowest BCUT2D eigenvalue weighted by Crippen LogP contribution is -2.15. The number of nitrogens with two attached hydrogens (primary N) is 1. The van der Waals surface area contributed by atoms with Crippen molar-refractivity contribution < 1.29 is 4.74 Å². The fourth-order valence-electron chi connectivity index (χ4n) is 2.70. The zero-order valence-corrected chi connectivity index (χ0v) is 15.2. The molecule has 2 aromatic carbocycles. The Morgan fingerprint density at radius 2 is 1.74 bits per heavy atom. The molecule has 0 spiro atoms. The maximum absolute atomic E-state index is 6.24. The van der Waals surface area contributed by atoms with E-state index < -0.39 is 0 Å². The van der Waals surface area contributed by atoms with E-state index in [4.69, 9.17) is 22.1 Å². The molecule has 3 heteroatoms. The second kappa shape index (κ2) is 7.37. The van der Waals surface area contributed by atoms with Crippen molar-refractivity contribution >= 4 is 11.6 Å². The quantitative estimate of drug-likeness (QED) is 0.843. The molecule has 0 amide bonds. The number of ether oxygens (including phenoxy) is 1. The Balaban J connectivity index is 2.17. The van der Waals surface area contributed by atoms with Gasteiger partial charge in [-0.1, -0.05) is 62.7 Å². The number of methoxy groups -OCH3 is 1. The molecule has 0 saturated heterocycles. The average Bonchev–Trinajstić information content (AvgIpc) is 2.52. The van der Waals surface area contributed by atoms with Gasteiger partial charge in [0, 0.05) is 5.92 Å². The normalized spacial score (nSPS) is 13.0. The number of hydrogen-bond acceptors (Lipinski definition) is 2. The summed E-state index contributed by atoms with van der Waals surface area (Å²) < 4.78 is 5.21. The minimum absolute atomic E-state index is 0.176. The summed E-state index contributed by atoms with van der Waals surface area (Å²) in [5, 5.41) is 0.631. The van der Waals surface area contributed by atoms with Gasteiger partial charge in [0.1, 0.15) is 5.75 Å². The average molecular weight is 332 g/mol. The van der Waals surface area contributed by atoms with Crippen LogP contribution in [0.2, 0.25) is 5.02 Å². The topological polar surface area (TPSA) is 35.2 Å². The van der Waals surface area contributed by atoms with Gasteiger partial charge >= 0.3 is 0 Å². The first-order valence-corrected chi connectivity index (χ1v) is 8.36. The monoisotopic (exact) mass is 331 g/mol. The number of hydrogen-bond donors (Lipinski definition) is 1. The second-order valence-corrected chi connectivity index (χ2v) is 7.38. The van der Waals surface area contributed by atoms with Crippen LogP contribution in [0.4, 0.5) is 0 Å². The molecule has 0 radical (unpaired) electrons. The van der Waals surface area contributed by atoms with Crippen LogP contribution in [0.3, 0.4) is 0 Å². The number of benzene rings is 2. The summed E-state index contributed by atoms with van der Waals surface area (Å²) in [6.45, 7) is 7.27. The largest absolute Gasteiger partial charge is 0.495 e. The zero-order chi connectivity index (χ0) is 17.0. The smallest absolute Gasteiger partial charge is 0.137 e. The Hall–Kier alpha value is -1.51. The van der Waals surface area contributed by atoms with E-state index in [1.54, 1.807) is 7.11 Å². The van der Waals surface area contributed by atoms with E-state index in [0.717, 1.165) is 12.0 Å². The van der Waals surface area contributed by atoms with Crippen molar-refractivity contribution in [3.8, 4) is 5.75 Å². The molecule has 2 N–H and O–H groups in total. The van der Waals surface area contributed by atoms with Crippen LogP contribution < -0.4 is 10.5 Å². The lowest BCUT2D eigenvalue weighted by atomic mass is 9.85. The zero-order valence-electron chi connectivity index (χ0n) is 14.4. The summed E-state index contributed by atoms with van der Waals surface area (Å²) in [6, 6.07) is 14.7. The van der Waals surface area contributed by atoms with Crippen LogP contribution in [-0.2, 0) is 11.8 Å². The van der Waals surface area contributed by atoms with Gasteiger partial charge < -0.3 is 10.5 Å². The molecule has 2 rings (SSSR count). The Morgan fingerprint density at radius 3 is 2.22 bits per heavy atom. The molecule has 0 aromatic heterocycles. The first-order chi connectivity index (χ1) is 10.8. The predicted molar refractivity (Wildman–Crippen MR) is 98.6 cm³/mol. The molecule has 0 aliphatic heterocycles. The third kappa shape index (κ3) is 4.49. The molecule has 1 atom stereocenters. The van der Waals surface area contributed by atoms with Gasteiger partial charge in [-0.2, -0.15) is 0 Å². The molecule has 2 nitrogen and oxygen atoms in total. The lowest BCUT2D eigenvalue weighted by Gasteiger charge is -2.20. The maximum Gasteiger partial charge on any atom is 0.137 e. The predicted octanol–water partition coefficient (Wildman–Crippen LogP) is 4.93. The van der Waals surface area contributed by atoms with Crippen LogP contribution >= 0.6 is 11.6 Å². The molecule has 0 aliphatic carbocycles. The Labute approximate surface area is 144 Å². The molecular weight excluding hydrogens is 306 g/mol. The summed E-state index contributed by atoms with van der Waals surface area (Å²) in [5.41, 5.74) is 9.96. The van der Waals surface area contributed by atoms with Crippen LogP contribution in [0.25, 0.3) is 0 Å². The van der Waals surface area contributed by atoms with Gasteiger partial charge in [-0.05, 0) is 47.2 Å². The summed E-state index contributed by atoms with van der Waals surface area (Å²) in [7, 11) is 1.62. The molecule has 2 aromatic rings. The van der Waals surface area contributed by atoms with Gasteiger partial charge in [-0.3, -0.25) is 0 Å². The van der Waals surface area contributed by atoms with Gasteiger partial charge in [-0.15, -0.1) is 0 Å². The first-order valence-electron chi connectivity index (χ1n) is 7.98. The summed E-state index contributed by atoms with van der Waals surface area (Å²) >= 11 is 6.24. The highest BCUT2D eigenvalue weighted by molar-refractivity contribution is 6.32. The van der Waals surface area contributed by atoms with Crippen molar-refractivity contribution in [3.63, 3.8) is 0 Å². The van der Waals surface area contributed by atoms with Crippen molar-refractivity contribution in [1.82, 2.24) is 0 Å². The highest BCUT2D eigenvalue weighted by Gasteiger charge is 2.15. The van der Waals surface area contributed by atoms with Gasteiger partial charge in [0.2, 0.25) is 0 Å². The fraction of sp³-hybridized carbons (Fsp3) is 0.400. The fourth-order valence-corrected chi connectivity index (χ4v) is 2.97. The Morgan fingerprint density at radius 1 is 1.09 bits per heavy atom. The van der Waals surface area contributed by atoms with E-state index in [2.05, 4.69) is 45.0 Å².